The fourth-order valence-corrected chi connectivity index (χ4v) is 3.18. The van der Waals surface area contributed by atoms with Crippen LogP contribution in [0.3, 0.4) is 0 Å². The van der Waals surface area contributed by atoms with Crippen LogP contribution in [0.4, 0.5) is 0 Å². The Labute approximate surface area is 171 Å². The lowest BCUT2D eigenvalue weighted by Gasteiger charge is -2.15. The zero-order valence-corrected chi connectivity index (χ0v) is 16.5. The molecule has 3 aromatic rings. The van der Waals surface area contributed by atoms with Crippen molar-refractivity contribution < 1.29 is 14.3 Å². The van der Waals surface area contributed by atoms with Crippen molar-refractivity contribution in [1.29, 1.82) is 0 Å². The van der Waals surface area contributed by atoms with Gasteiger partial charge in [-0.05, 0) is 42.5 Å². The minimum absolute atomic E-state index is 0.152. The largest absolute Gasteiger partial charge is 0.452 e. The van der Waals surface area contributed by atoms with Gasteiger partial charge in [0.1, 0.15) is 0 Å². The first-order chi connectivity index (χ1) is 14.1. The number of amides is 1. The van der Waals surface area contributed by atoms with Crippen molar-refractivity contribution >= 4 is 11.9 Å². The number of nitrogens with one attached hydrogen (secondary N) is 1. The number of benzene rings is 3. The summed E-state index contributed by atoms with van der Waals surface area (Å²) in [7, 11) is 0. The molecule has 1 amide bonds. The lowest BCUT2D eigenvalue weighted by molar-refractivity contribution is -0.124. The van der Waals surface area contributed by atoms with Crippen molar-refractivity contribution in [2.45, 2.75) is 25.8 Å². The van der Waals surface area contributed by atoms with Crippen molar-refractivity contribution in [3.05, 3.63) is 107 Å². The second-order valence-corrected chi connectivity index (χ2v) is 6.92. The van der Waals surface area contributed by atoms with E-state index in [4.69, 9.17) is 4.74 Å². The van der Waals surface area contributed by atoms with Crippen LogP contribution in [-0.2, 0) is 22.4 Å². The Hall–Kier alpha value is -3.40. The molecule has 0 spiro atoms. The SMILES string of the molecule is C[C@@H](NC(=O)COC(=O)c1ccccc1CCc1ccccc1)c1ccccc1. The molecule has 0 heterocycles. The summed E-state index contributed by atoms with van der Waals surface area (Å²) in [5.74, 6) is -0.798. The molecule has 0 unspecified atom stereocenters. The fourth-order valence-electron chi connectivity index (χ4n) is 3.18. The second-order valence-electron chi connectivity index (χ2n) is 6.92. The molecule has 4 nitrogen and oxygen atoms in total. The number of aryl methyl sites for hydroxylation is 2. The third-order valence-electron chi connectivity index (χ3n) is 4.77. The van der Waals surface area contributed by atoms with Gasteiger partial charge in [-0.25, -0.2) is 4.79 Å². The highest BCUT2D eigenvalue weighted by Gasteiger charge is 2.15. The molecule has 0 saturated heterocycles. The van der Waals surface area contributed by atoms with E-state index in [1.165, 1.54) is 5.56 Å². The lowest BCUT2D eigenvalue weighted by atomic mass is 10.00. The number of esters is 1. The van der Waals surface area contributed by atoms with Crippen molar-refractivity contribution in [2.24, 2.45) is 0 Å². The van der Waals surface area contributed by atoms with Crippen molar-refractivity contribution in [1.82, 2.24) is 5.32 Å². The summed E-state index contributed by atoms with van der Waals surface area (Å²) in [5.41, 5.74) is 3.63. The summed E-state index contributed by atoms with van der Waals surface area (Å²) in [6.07, 6.45) is 1.56. The Morgan fingerprint density at radius 1 is 0.828 bits per heavy atom. The molecule has 1 N–H and O–H groups in total. The molecule has 0 aliphatic heterocycles. The van der Waals surface area contributed by atoms with E-state index in [1.807, 2.05) is 67.6 Å². The van der Waals surface area contributed by atoms with Crippen molar-refractivity contribution in [2.75, 3.05) is 6.61 Å². The van der Waals surface area contributed by atoms with Gasteiger partial charge in [0.15, 0.2) is 6.61 Å². The van der Waals surface area contributed by atoms with Gasteiger partial charge in [-0.15, -0.1) is 0 Å². The van der Waals surface area contributed by atoms with Gasteiger partial charge >= 0.3 is 5.97 Å². The molecule has 29 heavy (non-hydrogen) atoms. The van der Waals surface area contributed by atoms with E-state index in [2.05, 4.69) is 17.4 Å². The van der Waals surface area contributed by atoms with Crippen LogP contribution in [0.15, 0.2) is 84.9 Å². The Balaban J connectivity index is 1.54. The highest BCUT2D eigenvalue weighted by atomic mass is 16.5. The number of carbonyl (C=O) groups is 2. The van der Waals surface area contributed by atoms with Crippen LogP contribution in [0, 0.1) is 0 Å². The first kappa shape index (κ1) is 20.3. The molecule has 0 aliphatic carbocycles. The molecule has 3 aromatic carbocycles. The summed E-state index contributed by atoms with van der Waals surface area (Å²) < 4.78 is 5.27. The Kier molecular flexibility index (Phi) is 7.17. The monoisotopic (exact) mass is 387 g/mol. The van der Waals surface area contributed by atoms with Crippen LogP contribution < -0.4 is 5.32 Å². The molecule has 148 valence electrons. The predicted octanol–water partition coefficient (Wildman–Crippen LogP) is 4.51. The van der Waals surface area contributed by atoms with E-state index in [0.717, 1.165) is 24.0 Å². The quantitative estimate of drug-likeness (QED) is 0.579. The Morgan fingerprint density at radius 2 is 1.45 bits per heavy atom. The predicted molar refractivity (Wildman–Crippen MR) is 114 cm³/mol. The zero-order chi connectivity index (χ0) is 20.5. The van der Waals surface area contributed by atoms with E-state index >= 15 is 0 Å². The molecule has 3 rings (SSSR count). The first-order valence-electron chi connectivity index (χ1n) is 9.77. The molecule has 1 atom stereocenters. The van der Waals surface area contributed by atoms with Crippen LogP contribution in [-0.4, -0.2) is 18.5 Å². The standard InChI is InChI=1S/C25H25NO3/c1-19(21-12-6-3-7-13-21)26-24(27)18-29-25(28)23-15-9-8-14-22(23)17-16-20-10-4-2-5-11-20/h2-15,19H,16-18H2,1H3,(H,26,27)/t19-/m1/s1. The topological polar surface area (TPSA) is 55.4 Å². The van der Waals surface area contributed by atoms with Gasteiger partial charge in [0.2, 0.25) is 0 Å². The highest BCUT2D eigenvalue weighted by molar-refractivity contribution is 5.92. The van der Waals surface area contributed by atoms with Gasteiger partial charge < -0.3 is 10.1 Å². The Bertz CT molecular complexity index is 939. The van der Waals surface area contributed by atoms with Crippen LogP contribution in [0.25, 0.3) is 0 Å². The van der Waals surface area contributed by atoms with Gasteiger partial charge in [0.25, 0.3) is 5.91 Å². The van der Waals surface area contributed by atoms with Gasteiger partial charge in [-0.1, -0.05) is 78.9 Å². The number of hydrogen-bond donors (Lipinski definition) is 1. The minimum Gasteiger partial charge on any atom is -0.452 e. The van der Waals surface area contributed by atoms with E-state index in [1.54, 1.807) is 12.1 Å². The molecule has 0 aliphatic rings. The van der Waals surface area contributed by atoms with Crippen LogP contribution in [0.1, 0.15) is 40.0 Å². The molecular weight excluding hydrogens is 362 g/mol. The average Bonchev–Trinajstić information content (AvgIpc) is 2.77. The van der Waals surface area contributed by atoms with Crippen molar-refractivity contribution in [3.63, 3.8) is 0 Å². The van der Waals surface area contributed by atoms with Gasteiger partial charge in [-0.3, -0.25) is 4.79 Å². The molecular formula is C25H25NO3. The zero-order valence-electron chi connectivity index (χ0n) is 16.5. The smallest absolute Gasteiger partial charge is 0.338 e. The molecule has 0 aromatic heterocycles. The maximum absolute atomic E-state index is 12.5. The Morgan fingerprint density at radius 3 is 2.17 bits per heavy atom. The summed E-state index contributed by atoms with van der Waals surface area (Å²) in [4.78, 5) is 24.7. The lowest BCUT2D eigenvalue weighted by Crippen LogP contribution is -2.31. The normalized spacial score (nSPS) is 11.5. The number of carbonyl (C=O) groups excluding carboxylic acids is 2. The maximum Gasteiger partial charge on any atom is 0.338 e. The average molecular weight is 387 g/mol. The molecule has 0 radical (unpaired) electrons. The van der Waals surface area contributed by atoms with Crippen LogP contribution in [0.5, 0.6) is 0 Å². The summed E-state index contributed by atoms with van der Waals surface area (Å²) in [6.45, 7) is 1.59. The van der Waals surface area contributed by atoms with E-state index in [-0.39, 0.29) is 18.6 Å². The van der Waals surface area contributed by atoms with Gasteiger partial charge in [0.05, 0.1) is 11.6 Å². The third-order valence-corrected chi connectivity index (χ3v) is 4.77. The summed E-state index contributed by atoms with van der Waals surface area (Å²) in [6, 6.07) is 27.0. The van der Waals surface area contributed by atoms with Crippen LogP contribution >= 0.6 is 0 Å². The first-order valence-corrected chi connectivity index (χ1v) is 9.77. The molecule has 0 fully saturated rings. The second kappa shape index (κ2) is 10.2. The van der Waals surface area contributed by atoms with Crippen LogP contribution in [0.2, 0.25) is 0 Å². The van der Waals surface area contributed by atoms with E-state index < -0.39 is 5.97 Å². The number of rotatable bonds is 8. The maximum atomic E-state index is 12.5. The summed E-state index contributed by atoms with van der Waals surface area (Å²) >= 11 is 0. The minimum atomic E-state index is -0.476. The number of ether oxygens (including phenoxy) is 1. The highest BCUT2D eigenvalue weighted by Crippen LogP contribution is 2.14. The van der Waals surface area contributed by atoms with E-state index in [0.29, 0.717) is 5.56 Å². The molecule has 0 saturated carbocycles. The molecule has 0 bridgehead atoms. The number of hydrogen-bond acceptors (Lipinski definition) is 3. The molecule has 4 heteroatoms. The fraction of sp³-hybridized carbons (Fsp3) is 0.200. The van der Waals surface area contributed by atoms with Gasteiger partial charge in [-0.2, -0.15) is 0 Å². The summed E-state index contributed by atoms with van der Waals surface area (Å²) in [5, 5.41) is 2.85. The van der Waals surface area contributed by atoms with E-state index in [9.17, 15) is 9.59 Å². The third kappa shape index (κ3) is 6.04. The van der Waals surface area contributed by atoms with Crippen molar-refractivity contribution in [3.8, 4) is 0 Å². The van der Waals surface area contributed by atoms with Gasteiger partial charge in [0, 0.05) is 0 Å².